The van der Waals surface area contributed by atoms with E-state index in [9.17, 15) is 19.2 Å². The summed E-state index contributed by atoms with van der Waals surface area (Å²) >= 11 is 0. The number of aliphatic carboxylic acids is 4. The Hall–Kier alpha value is -3.96. The van der Waals surface area contributed by atoms with Crippen LogP contribution in [0.4, 0.5) is 0 Å². The van der Waals surface area contributed by atoms with Gasteiger partial charge in [-0.1, -0.05) is 26.0 Å². The second-order valence-electron chi connectivity index (χ2n) is 9.92. The van der Waals surface area contributed by atoms with Crippen molar-refractivity contribution in [2.45, 2.75) is 51.1 Å². The van der Waals surface area contributed by atoms with Crippen LogP contribution >= 0.6 is 0 Å². The fourth-order valence-electron chi connectivity index (χ4n) is 5.12. The van der Waals surface area contributed by atoms with Gasteiger partial charge >= 0.3 is 23.9 Å². The lowest BCUT2D eigenvalue weighted by molar-refractivity contribution is -0.134. The van der Waals surface area contributed by atoms with Crippen LogP contribution < -0.4 is 5.32 Å². The normalized spacial score (nSPS) is 20.2. The molecule has 1 saturated heterocycles. The first-order valence-electron chi connectivity index (χ1n) is 12.7. The highest BCUT2D eigenvalue weighted by Gasteiger charge is 2.39. The van der Waals surface area contributed by atoms with E-state index in [1.807, 2.05) is 0 Å². The zero-order chi connectivity index (χ0) is 29.1. The Morgan fingerprint density at radius 1 is 1.00 bits per heavy atom. The van der Waals surface area contributed by atoms with Gasteiger partial charge in [0.05, 0.1) is 0 Å². The van der Waals surface area contributed by atoms with Gasteiger partial charge in [-0.3, -0.25) is 0 Å². The van der Waals surface area contributed by atoms with Crippen LogP contribution in [0.5, 0.6) is 0 Å². The van der Waals surface area contributed by atoms with Gasteiger partial charge in [-0.25, -0.2) is 19.2 Å². The first kappa shape index (κ1) is 31.3. The summed E-state index contributed by atoms with van der Waals surface area (Å²) in [7, 11) is 2.33. The second-order valence-corrected chi connectivity index (χ2v) is 9.92. The fraction of sp³-hybridized carbons (Fsp3) is 0.429. The molecule has 6 N–H and O–H groups in total. The average molecular weight is 544 g/mol. The third-order valence-electron chi connectivity index (χ3n) is 6.65. The van der Waals surface area contributed by atoms with Gasteiger partial charge in [-0.05, 0) is 56.0 Å². The number of hydrogen-bond donors (Lipinski definition) is 6. The third-order valence-corrected chi connectivity index (χ3v) is 6.65. The SMILES string of the molecule is CC(C)NCC[C@@H]1CC2c3cccc4[nH]cc(c34)C[C@H]2N(C)C1.O=C(O)/C=C\C(=O)O.O=C(O)/C=C\C(=O)O. The summed E-state index contributed by atoms with van der Waals surface area (Å²) in [5, 5.41) is 36.4. The van der Waals surface area contributed by atoms with E-state index < -0.39 is 23.9 Å². The Bertz CT molecular complexity index is 1150. The molecule has 1 unspecified atom stereocenters. The van der Waals surface area contributed by atoms with E-state index in [4.69, 9.17) is 20.4 Å². The van der Waals surface area contributed by atoms with Crippen LogP contribution in [0.25, 0.3) is 10.9 Å². The number of nitrogens with one attached hydrogen (secondary N) is 2. The average Bonchev–Trinajstić information content (AvgIpc) is 3.27. The molecule has 212 valence electrons. The molecule has 11 nitrogen and oxygen atoms in total. The number of benzene rings is 1. The van der Waals surface area contributed by atoms with Crippen molar-refractivity contribution in [1.29, 1.82) is 0 Å². The lowest BCUT2D eigenvalue weighted by Crippen LogP contribution is -2.48. The van der Waals surface area contributed by atoms with E-state index in [1.165, 1.54) is 42.3 Å². The van der Waals surface area contributed by atoms with Crippen LogP contribution in [-0.2, 0) is 25.6 Å². The van der Waals surface area contributed by atoms with Crippen LogP contribution in [0.3, 0.4) is 0 Å². The van der Waals surface area contributed by atoms with Crippen LogP contribution in [0.15, 0.2) is 48.7 Å². The highest BCUT2D eigenvalue weighted by atomic mass is 16.4. The smallest absolute Gasteiger partial charge is 0.328 e. The van der Waals surface area contributed by atoms with Gasteiger partial charge < -0.3 is 35.6 Å². The number of rotatable bonds is 8. The Morgan fingerprint density at radius 3 is 2.08 bits per heavy atom. The Labute approximate surface area is 226 Å². The van der Waals surface area contributed by atoms with Crippen LogP contribution in [0.1, 0.15) is 43.7 Å². The first-order valence-corrected chi connectivity index (χ1v) is 12.7. The maximum Gasteiger partial charge on any atom is 0.328 e. The number of likely N-dealkylation sites (N-methyl/N-ethyl adjacent to an activating group) is 1. The maximum atomic E-state index is 9.55. The molecule has 39 heavy (non-hydrogen) atoms. The van der Waals surface area contributed by atoms with Gasteiger partial charge in [-0.2, -0.15) is 0 Å². The molecule has 1 aromatic carbocycles. The van der Waals surface area contributed by atoms with Crippen molar-refractivity contribution in [3.05, 3.63) is 59.8 Å². The number of hydrogen-bond acceptors (Lipinski definition) is 6. The highest BCUT2D eigenvalue weighted by Crippen LogP contribution is 2.44. The van der Waals surface area contributed by atoms with Gasteiger partial charge in [0.2, 0.25) is 0 Å². The van der Waals surface area contributed by atoms with E-state index in [0.717, 1.165) is 12.5 Å². The summed E-state index contributed by atoms with van der Waals surface area (Å²) in [4.78, 5) is 44.3. The Morgan fingerprint density at radius 2 is 1.56 bits per heavy atom. The molecule has 0 spiro atoms. The minimum Gasteiger partial charge on any atom is -0.478 e. The fourth-order valence-corrected chi connectivity index (χ4v) is 5.12. The van der Waals surface area contributed by atoms with Gasteiger partial charge in [0.15, 0.2) is 0 Å². The number of carboxylic acids is 4. The largest absolute Gasteiger partial charge is 0.478 e. The molecule has 0 radical (unpaired) electrons. The molecule has 11 heteroatoms. The Balaban J connectivity index is 0.000000277. The number of aromatic nitrogens is 1. The standard InChI is InChI=1S/C20H29N3.2C4H4O4/c1-13(2)21-8-7-14-9-17-16-5-4-6-18-20(16)15(11-22-18)10-19(17)23(3)12-14;2*5-3(6)1-2-4(7)8/h4-6,11,13-14,17,19,21-22H,7-10,12H2,1-3H3;2*1-2H,(H,5,6)(H,7,8)/b;2*2-1-/t14-,17?,19-;;/m1../s1. The molecule has 1 aliphatic carbocycles. The predicted octanol–water partition coefficient (Wildman–Crippen LogP) is 2.94. The Kier molecular flexibility index (Phi) is 11.9. The van der Waals surface area contributed by atoms with E-state index in [1.54, 1.807) is 5.56 Å². The lowest BCUT2D eigenvalue weighted by atomic mass is 9.72. The molecule has 4 rings (SSSR count). The zero-order valence-corrected chi connectivity index (χ0v) is 22.3. The zero-order valence-electron chi connectivity index (χ0n) is 22.3. The van der Waals surface area contributed by atoms with Crippen molar-refractivity contribution < 1.29 is 39.6 Å². The molecule has 3 atom stereocenters. The van der Waals surface area contributed by atoms with E-state index in [-0.39, 0.29) is 0 Å². The van der Waals surface area contributed by atoms with Crippen molar-refractivity contribution >= 4 is 34.8 Å². The molecule has 1 aromatic heterocycles. The van der Waals surface area contributed by atoms with Crippen LogP contribution in [0, 0.1) is 5.92 Å². The topological polar surface area (TPSA) is 180 Å². The summed E-state index contributed by atoms with van der Waals surface area (Å²) in [5.41, 5.74) is 4.43. The molecule has 1 fully saturated rings. The third kappa shape index (κ3) is 10.0. The van der Waals surface area contributed by atoms with E-state index in [2.05, 4.69) is 60.5 Å². The number of likely N-dealkylation sites (tertiary alicyclic amines) is 1. The molecule has 1 aliphatic heterocycles. The number of carbonyl (C=O) groups is 4. The molecule has 0 saturated carbocycles. The summed E-state index contributed by atoms with van der Waals surface area (Å²) < 4.78 is 0. The summed E-state index contributed by atoms with van der Waals surface area (Å²) in [6.07, 6.45) is 8.31. The number of fused-ring (bicyclic) bond motifs is 2. The minimum absolute atomic E-state index is 0.558. The van der Waals surface area contributed by atoms with Crippen molar-refractivity contribution in [2.24, 2.45) is 5.92 Å². The molecule has 2 aliphatic rings. The van der Waals surface area contributed by atoms with Gasteiger partial charge in [0.25, 0.3) is 0 Å². The molecular weight excluding hydrogens is 506 g/mol. The minimum atomic E-state index is -1.26. The first-order chi connectivity index (χ1) is 18.4. The van der Waals surface area contributed by atoms with Gasteiger partial charge in [0.1, 0.15) is 0 Å². The summed E-state index contributed by atoms with van der Waals surface area (Å²) in [5.74, 6) is -3.52. The predicted molar refractivity (Wildman–Crippen MR) is 146 cm³/mol. The summed E-state index contributed by atoms with van der Waals surface area (Å²) in [6, 6.07) is 8.09. The van der Waals surface area contributed by atoms with Gasteiger partial charge in [0, 0.05) is 66.0 Å². The monoisotopic (exact) mass is 543 g/mol. The van der Waals surface area contributed by atoms with Crippen molar-refractivity contribution in [3.8, 4) is 0 Å². The molecular formula is C28H37N3O8. The number of nitrogens with zero attached hydrogens (tertiary/aromatic N) is 1. The molecule has 0 amide bonds. The van der Waals surface area contributed by atoms with Crippen molar-refractivity contribution in [2.75, 3.05) is 20.1 Å². The highest BCUT2D eigenvalue weighted by molar-refractivity contribution is 5.90. The number of aromatic amines is 1. The molecule has 2 aromatic rings. The van der Waals surface area contributed by atoms with Crippen molar-refractivity contribution in [3.63, 3.8) is 0 Å². The number of carboxylic acid groups (broad SMARTS) is 4. The van der Waals surface area contributed by atoms with E-state index in [0.29, 0.717) is 42.3 Å². The van der Waals surface area contributed by atoms with Crippen molar-refractivity contribution in [1.82, 2.24) is 15.2 Å². The maximum absolute atomic E-state index is 9.55. The summed E-state index contributed by atoms with van der Waals surface area (Å²) in [6.45, 7) is 6.86. The lowest BCUT2D eigenvalue weighted by Gasteiger charge is -2.45. The van der Waals surface area contributed by atoms with E-state index >= 15 is 0 Å². The van der Waals surface area contributed by atoms with Crippen LogP contribution in [0.2, 0.25) is 0 Å². The number of piperidine rings is 1. The molecule has 0 bridgehead atoms. The second kappa shape index (κ2) is 14.8. The quantitative estimate of drug-likeness (QED) is 0.271. The van der Waals surface area contributed by atoms with Gasteiger partial charge in [-0.15, -0.1) is 0 Å². The number of H-pyrrole nitrogens is 1. The van der Waals surface area contributed by atoms with Crippen LogP contribution in [-0.4, -0.2) is 86.4 Å². The molecule has 2 heterocycles.